The Balaban J connectivity index is 2.09. The number of ether oxygens (including phenoxy) is 1. The van der Waals surface area contributed by atoms with Crippen molar-refractivity contribution < 1.29 is 4.74 Å². The normalized spacial score (nSPS) is 19.2. The van der Waals surface area contributed by atoms with E-state index >= 15 is 0 Å². The number of aryl methyl sites for hydroxylation is 1. The summed E-state index contributed by atoms with van der Waals surface area (Å²) in [5, 5.41) is 0. The second-order valence-electron chi connectivity index (χ2n) is 5.39. The molecule has 1 unspecified atom stereocenters. The molecule has 0 radical (unpaired) electrons. The molecule has 1 aliphatic heterocycles. The Bertz CT molecular complexity index is 425. The Morgan fingerprint density at radius 3 is 2.95 bits per heavy atom. The van der Waals surface area contributed by atoms with Gasteiger partial charge in [-0.05, 0) is 39.5 Å². The van der Waals surface area contributed by atoms with Crippen LogP contribution in [0.15, 0.2) is 6.07 Å². The van der Waals surface area contributed by atoms with Crippen LogP contribution >= 0.6 is 11.6 Å². The highest BCUT2D eigenvalue weighted by Gasteiger charge is 2.24. The van der Waals surface area contributed by atoms with E-state index in [1.807, 2.05) is 26.8 Å². The summed E-state index contributed by atoms with van der Waals surface area (Å²) in [7, 11) is 0. The average molecular weight is 284 g/mol. The van der Waals surface area contributed by atoms with Gasteiger partial charge in [0.15, 0.2) is 0 Å². The number of hydrogen-bond acceptors (Lipinski definition) is 4. The molecular weight excluding hydrogens is 262 g/mol. The molecule has 1 aliphatic rings. The molecule has 1 saturated heterocycles. The smallest absolute Gasteiger partial charge is 0.228 e. The predicted molar refractivity (Wildman–Crippen MR) is 78.2 cm³/mol. The van der Waals surface area contributed by atoms with Gasteiger partial charge < -0.3 is 9.64 Å². The fraction of sp³-hybridized carbons (Fsp3) is 0.714. The summed E-state index contributed by atoms with van der Waals surface area (Å²) < 4.78 is 5.67. The van der Waals surface area contributed by atoms with Crippen molar-refractivity contribution in [2.24, 2.45) is 5.92 Å². The third-order valence-corrected chi connectivity index (χ3v) is 3.48. The molecule has 1 aromatic rings. The van der Waals surface area contributed by atoms with Gasteiger partial charge in [0.1, 0.15) is 0 Å². The van der Waals surface area contributed by atoms with E-state index in [-0.39, 0.29) is 6.10 Å². The number of halogens is 1. The van der Waals surface area contributed by atoms with Crippen molar-refractivity contribution in [3.05, 3.63) is 11.8 Å². The highest BCUT2D eigenvalue weighted by Crippen LogP contribution is 2.25. The Labute approximate surface area is 120 Å². The van der Waals surface area contributed by atoms with Crippen molar-refractivity contribution >= 4 is 17.5 Å². The Kier molecular flexibility index (Phi) is 4.86. The minimum Gasteiger partial charge on any atom is -0.475 e. The first-order valence-corrected chi connectivity index (χ1v) is 7.45. The number of alkyl halides is 1. The maximum atomic E-state index is 5.81. The molecule has 0 spiro atoms. The van der Waals surface area contributed by atoms with E-state index in [9.17, 15) is 0 Å². The Morgan fingerprint density at radius 2 is 2.26 bits per heavy atom. The second kappa shape index (κ2) is 6.42. The minimum atomic E-state index is 0.129. The molecule has 0 aromatic carbocycles. The molecule has 19 heavy (non-hydrogen) atoms. The van der Waals surface area contributed by atoms with Gasteiger partial charge in [-0.2, -0.15) is 4.98 Å². The lowest BCUT2D eigenvalue weighted by atomic mass is 10.1. The van der Waals surface area contributed by atoms with E-state index in [2.05, 4.69) is 14.9 Å². The Hall–Kier alpha value is -1.03. The van der Waals surface area contributed by atoms with E-state index in [1.54, 1.807) is 0 Å². The highest BCUT2D eigenvalue weighted by atomic mass is 35.5. The molecule has 1 atom stereocenters. The lowest BCUT2D eigenvalue weighted by Gasteiger charge is -2.18. The lowest BCUT2D eigenvalue weighted by molar-refractivity contribution is 0.232. The highest BCUT2D eigenvalue weighted by molar-refractivity contribution is 6.17. The summed E-state index contributed by atoms with van der Waals surface area (Å²) in [5.74, 6) is 2.84. The largest absolute Gasteiger partial charge is 0.475 e. The molecule has 0 bridgehead atoms. The van der Waals surface area contributed by atoms with Gasteiger partial charge in [-0.1, -0.05) is 0 Å². The van der Waals surface area contributed by atoms with Gasteiger partial charge in [-0.3, -0.25) is 0 Å². The fourth-order valence-corrected chi connectivity index (χ4v) is 2.68. The molecule has 2 heterocycles. The lowest BCUT2D eigenvalue weighted by Crippen LogP contribution is -2.23. The summed E-state index contributed by atoms with van der Waals surface area (Å²) >= 11 is 5.81. The van der Waals surface area contributed by atoms with E-state index in [0.29, 0.717) is 11.8 Å². The second-order valence-corrected chi connectivity index (χ2v) is 5.77. The summed E-state index contributed by atoms with van der Waals surface area (Å²) in [4.78, 5) is 11.3. The standard InChI is InChI=1S/C14H22ClN3O/c1-10(2)19-13-8-11(3)16-14(17-13)18-7-5-12(9-18)4-6-15/h8,10,12H,4-7,9H2,1-3H3. The maximum absolute atomic E-state index is 5.81. The first kappa shape index (κ1) is 14.4. The summed E-state index contributed by atoms with van der Waals surface area (Å²) in [6, 6.07) is 1.88. The van der Waals surface area contributed by atoms with Crippen molar-refractivity contribution in [2.45, 2.75) is 39.7 Å². The number of nitrogens with zero attached hydrogens (tertiary/aromatic N) is 3. The number of anilines is 1. The SMILES string of the molecule is Cc1cc(OC(C)C)nc(N2CCC(CCCl)C2)n1. The molecule has 1 aromatic heterocycles. The Morgan fingerprint density at radius 1 is 1.47 bits per heavy atom. The van der Waals surface area contributed by atoms with Gasteiger partial charge in [0.25, 0.3) is 0 Å². The molecule has 5 heteroatoms. The van der Waals surface area contributed by atoms with Gasteiger partial charge in [0, 0.05) is 30.7 Å². The van der Waals surface area contributed by atoms with Crippen LogP contribution in [0, 0.1) is 12.8 Å². The van der Waals surface area contributed by atoms with Gasteiger partial charge >= 0.3 is 0 Å². The molecule has 1 fully saturated rings. The van der Waals surface area contributed by atoms with Gasteiger partial charge in [0.2, 0.25) is 11.8 Å². The topological polar surface area (TPSA) is 38.2 Å². The molecule has 2 rings (SSSR count). The average Bonchev–Trinajstić information content (AvgIpc) is 2.76. The van der Waals surface area contributed by atoms with Gasteiger partial charge in [-0.25, -0.2) is 4.98 Å². The fourth-order valence-electron chi connectivity index (χ4n) is 2.37. The zero-order valence-corrected chi connectivity index (χ0v) is 12.7. The van der Waals surface area contributed by atoms with Gasteiger partial charge in [-0.15, -0.1) is 11.6 Å². The predicted octanol–water partition coefficient (Wildman–Crippen LogP) is 3.03. The summed E-state index contributed by atoms with van der Waals surface area (Å²) in [6.07, 6.45) is 2.37. The van der Waals surface area contributed by atoms with Crippen LogP contribution < -0.4 is 9.64 Å². The zero-order valence-electron chi connectivity index (χ0n) is 11.9. The van der Waals surface area contributed by atoms with Crippen molar-refractivity contribution in [3.63, 3.8) is 0 Å². The summed E-state index contributed by atoms with van der Waals surface area (Å²) in [5.41, 5.74) is 0.946. The minimum absolute atomic E-state index is 0.129. The van der Waals surface area contributed by atoms with Crippen LogP contribution in [0.4, 0.5) is 5.95 Å². The van der Waals surface area contributed by atoms with Crippen molar-refractivity contribution in [2.75, 3.05) is 23.9 Å². The van der Waals surface area contributed by atoms with Gasteiger partial charge in [0.05, 0.1) is 6.10 Å². The zero-order chi connectivity index (χ0) is 13.8. The van der Waals surface area contributed by atoms with E-state index in [4.69, 9.17) is 16.3 Å². The molecule has 106 valence electrons. The van der Waals surface area contributed by atoms with Crippen molar-refractivity contribution in [1.82, 2.24) is 9.97 Å². The van der Waals surface area contributed by atoms with Crippen LogP contribution in [0.5, 0.6) is 5.88 Å². The molecular formula is C14H22ClN3O. The number of rotatable bonds is 5. The molecule has 0 saturated carbocycles. The number of aromatic nitrogens is 2. The van der Waals surface area contributed by atoms with Crippen LogP contribution in [0.2, 0.25) is 0 Å². The maximum Gasteiger partial charge on any atom is 0.228 e. The third kappa shape index (κ3) is 3.96. The third-order valence-electron chi connectivity index (χ3n) is 3.26. The first-order valence-electron chi connectivity index (χ1n) is 6.91. The van der Waals surface area contributed by atoms with Crippen LogP contribution in [-0.2, 0) is 0 Å². The molecule has 0 amide bonds. The molecule has 0 N–H and O–H groups in total. The number of hydrogen-bond donors (Lipinski definition) is 0. The van der Waals surface area contributed by atoms with Crippen molar-refractivity contribution in [1.29, 1.82) is 0 Å². The first-order chi connectivity index (χ1) is 9.08. The van der Waals surface area contributed by atoms with Crippen LogP contribution in [0.25, 0.3) is 0 Å². The molecule has 4 nitrogen and oxygen atoms in total. The molecule has 0 aliphatic carbocycles. The van der Waals surface area contributed by atoms with E-state index in [1.165, 1.54) is 6.42 Å². The van der Waals surface area contributed by atoms with Crippen molar-refractivity contribution in [3.8, 4) is 5.88 Å². The van der Waals surface area contributed by atoms with E-state index in [0.717, 1.165) is 37.0 Å². The van der Waals surface area contributed by atoms with E-state index < -0.39 is 0 Å². The monoisotopic (exact) mass is 283 g/mol. The van der Waals surface area contributed by atoms with Crippen LogP contribution in [0.3, 0.4) is 0 Å². The van der Waals surface area contributed by atoms with Crippen LogP contribution in [-0.4, -0.2) is 35.0 Å². The van der Waals surface area contributed by atoms with Crippen LogP contribution in [0.1, 0.15) is 32.4 Å². The quantitative estimate of drug-likeness (QED) is 0.779. The summed E-state index contributed by atoms with van der Waals surface area (Å²) in [6.45, 7) is 7.99.